The monoisotopic (exact) mass is 588 g/mol. The van der Waals surface area contributed by atoms with Crippen LogP contribution in [-0.4, -0.2) is 32.5 Å². The van der Waals surface area contributed by atoms with E-state index in [1.165, 1.54) is 4.90 Å². The Morgan fingerprint density at radius 3 is 2.35 bits per heavy atom. The quantitative estimate of drug-likeness (QED) is 0.167. The van der Waals surface area contributed by atoms with E-state index in [0.29, 0.717) is 39.8 Å². The molecule has 0 atom stereocenters. The summed E-state index contributed by atoms with van der Waals surface area (Å²) < 4.78 is 7.74. The molecular formula is C35H29ClN4O3. The molecule has 0 spiro atoms. The summed E-state index contributed by atoms with van der Waals surface area (Å²) in [5.74, 6) is -0.159. The summed E-state index contributed by atoms with van der Waals surface area (Å²) in [6.07, 6.45) is 7.05. The third-order valence-electron chi connectivity index (χ3n) is 7.97. The number of nitrogens with zero attached hydrogens (tertiary/aromatic N) is 4. The van der Waals surface area contributed by atoms with E-state index in [2.05, 4.69) is 6.07 Å². The van der Waals surface area contributed by atoms with Crippen molar-refractivity contribution in [2.24, 2.45) is 0 Å². The largest absolute Gasteiger partial charge is 0.489 e. The SMILES string of the molecule is CC1=C(C#N)C(=O)N(C2CCCC2)C(=O)/C1=C/c1cn(-c2ccccc2)nc1-c1ccc(OCc2ccc(Cl)cc2)cc1. The van der Waals surface area contributed by atoms with Crippen molar-refractivity contribution in [2.45, 2.75) is 45.3 Å². The van der Waals surface area contributed by atoms with Gasteiger partial charge in [-0.2, -0.15) is 10.4 Å². The molecule has 0 unspecified atom stereocenters. The number of aromatic nitrogens is 2. The summed E-state index contributed by atoms with van der Waals surface area (Å²) in [4.78, 5) is 28.3. The first kappa shape index (κ1) is 28.2. The Balaban J connectivity index is 1.38. The van der Waals surface area contributed by atoms with Crippen LogP contribution in [0.25, 0.3) is 23.0 Å². The fourth-order valence-corrected chi connectivity index (χ4v) is 5.76. The van der Waals surface area contributed by atoms with Gasteiger partial charge in [0, 0.05) is 34.0 Å². The molecule has 1 aliphatic heterocycles. The van der Waals surface area contributed by atoms with Gasteiger partial charge in [0.05, 0.1) is 11.4 Å². The maximum absolute atomic E-state index is 13.8. The van der Waals surface area contributed by atoms with Crippen molar-refractivity contribution in [1.29, 1.82) is 5.26 Å². The zero-order valence-corrected chi connectivity index (χ0v) is 24.4. The number of para-hydroxylation sites is 1. The van der Waals surface area contributed by atoms with E-state index in [1.807, 2.05) is 85.1 Å². The van der Waals surface area contributed by atoms with Crippen LogP contribution in [-0.2, 0) is 16.2 Å². The van der Waals surface area contributed by atoms with Crippen molar-refractivity contribution < 1.29 is 14.3 Å². The van der Waals surface area contributed by atoms with Crippen LogP contribution in [0.1, 0.15) is 43.7 Å². The number of carbonyl (C=O) groups excluding carboxylic acids is 2. The lowest BCUT2D eigenvalue weighted by Gasteiger charge is -2.32. The Bertz CT molecular complexity index is 1780. The van der Waals surface area contributed by atoms with Crippen molar-refractivity contribution in [3.8, 4) is 28.8 Å². The third-order valence-corrected chi connectivity index (χ3v) is 8.22. The molecule has 1 saturated carbocycles. The molecule has 0 saturated heterocycles. The van der Waals surface area contributed by atoms with Gasteiger partial charge in [-0.05, 0) is 85.5 Å². The second-order valence-electron chi connectivity index (χ2n) is 10.7. The van der Waals surface area contributed by atoms with E-state index in [1.54, 1.807) is 17.7 Å². The van der Waals surface area contributed by atoms with Crippen LogP contribution in [0.2, 0.25) is 5.02 Å². The van der Waals surface area contributed by atoms with Crippen LogP contribution in [0.3, 0.4) is 0 Å². The molecule has 0 N–H and O–H groups in total. The van der Waals surface area contributed by atoms with Gasteiger partial charge >= 0.3 is 0 Å². The summed E-state index contributed by atoms with van der Waals surface area (Å²) in [5, 5.41) is 15.4. The molecule has 43 heavy (non-hydrogen) atoms. The molecule has 0 radical (unpaired) electrons. The molecule has 3 aromatic carbocycles. The third kappa shape index (κ3) is 5.75. The highest BCUT2D eigenvalue weighted by Crippen LogP contribution is 2.35. The molecule has 4 aromatic rings. The van der Waals surface area contributed by atoms with Crippen molar-refractivity contribution in [3.63, 3.8) is 0 Å². The highest BCUT2D eigenvalue weighted by Gasteiger charge is 2.40. The van der Waals surface area contributed by atoms with Crippen molar-refractivity contribution >= 4 is 29.5 Å². The van der Waals surface area contributed by atoms with Gasteiger partial charge in [-0.1, -0.05) is 54.8 Å². The Morgan fingerprint density at radius 2 is 1.67 bits per heavy atom. The minimum atomic E-state index is -0.497. The van der Waals surface area contributed by atoms with Crippen LogP contribution in [0.4, 0.5) is 0 Å². The minimum absolute atomic E-state index is 0.0111. The highest BCUT2D eigenvalue weighted by atomic mass is 35.5. The van der Waals surface area contributed by atoms with Gasteiger partial charge in [0.1, 0.15) is 24.0 Å². The lowest BCUT2D eigenvalue weighted by Crippen LogP contribution is -2.47. The van der Waals surface area contributed by atoms with Gasteiger partial charge in [-0.25, -0.2) is 4.68 Å². The van der Waals surface area contributed by atoms with E-state index in [4.69, 9.17) is 21.4 Å². The summed E-state index contributed by atoms with van der Waals surface area (Å²) in [5.41, 5.74) is 4.77. The molecule has 0 bridgehead atoms. The molecule has 2 aliphatic rings. The molecule has 7 nitrogen and oxygen atoms in total. The van der Waals surface area contributed by atoms with Crippen LogP contribution in [0, 0.1) is 11.3 Å². The smallest absolute Gasteiger partial charge is 0.271 e. The fourth-order valence-electron chi connectivity index (χ4n) is 5.64. The van der Waals surface area contributed by atoms with Gasteiger partial charge in [0.15, 0.2) is 0 Å². The van der Waals surface area contributed by atoms with E-state index >= 15 is 0 Å². The number of ether oxygens (including phenoxy) is 1. The average molecular weight is 589 g/mol. The molecule has 1 aromatic heterocycles. The van der Waals surface area contributed by atoms with Crippen LogP contribution in [0.15, 0.2) is 102 Å². The highest BCUT2D eigenvalue weighted by molar-refractivity contribution is 6.30. The maximum atomic E-state index is 13.8. The average Bonchev–Trinajstić information content (AvgIpc) is 3.71. The molecule has 1 aliphatic carbocycles. The molecular weight excluding hydrogens is 560 g/mol. The number of rotatable bonds is 7. The minimum Gasteiger partial charge on any atom is -0.489 e. The van der Waals surface area contributed by atoms with Crippen LogP contribution >= 0.6 is 11.6 Å². The number of hydrogen-bond donors (Lipinski definition) is 0. The molecule has 1 fully saturated rings. The topological polar surface area (TPSA) is 88.2 Å². The van der Waals surface area contributed by atoms with E-state index < -0.39 is 5.91 Å². The number of halogens is 1. The first-order chi connectivity index (χ1) is 20.9. The summed E-state index contributed by atoms with van der Waals surface area (Å²) in [7, 11) is 0. The Hall–Kier alpha value is -4.93. The predicted molar refractivity (Wildman–Crippen MR) is 165 cm³/mol. The normalized spacial score (nSPS) is 16.7. The summed E-state index contributed by atoms with van der Waals surface area (Å²) >= 11 is 5.99. The second kappa shape index (κ2) is 12.1. The van der Waals surface area contributed by atoms with Crippen molar-refractivity contribution in [1.82, 2.24) is 14.7 Å². The zero-order chi connectivity index (χ0) is 29.9. The van der Waals surface area contributed by atoms with Crippen molar-refractivity contribution in [2.75, 3.05) is 0 Å². The zero-order valence-electron chi connectivity index (χ0n) is 23.7. The summed E-state index contributed by atoms with van der Waals surface area (Å²) in [6, 6.07) is 26.7. The van der Waals surface area contributed by atoms with E-state index in [-0.39, 0.29) is 17.5 Å². The van der Waals surface area contributed by atoms with Crippen LogP contribution < -0.4 is 4.74 Å². The number of imide groups is 1. The van der Waals surface area contributed by atoms with Crippen LogP contribution in [0.5, 0.6) is 5.75 Å². The molecule has 6 rings (SSSR count). The first-order valence-electron chi connectivity index (χ1n) is 14.3. The number of benzene rings is 3. The van der Waals surface area contributed by atoms with E-state index in [9.17, 15) is 14.9 Å². The number of hydrogen-bond acceptors (Lipinski definition) is 5. The van der Waals surface area contributed by atoms with Crippen molar-refractivity contribution in [3.05, 3.63) is 118 Å². The Morgan fingerprint density at radius 1 is 0.977 bits per heavy atom. The second-order valence-corrected chi connectivity index (χ2v) is 11.2. The maximum Gasteiger partial charge on any atom is 0.271 e. The van der Waals surface area contributed by atoms with Gasteiger partial charge in [-0.3, -0.25) is 14.5 Å². The number of nitriles is 1. The number of carbonyl (C=O) groups is 2. The molecule has 2 amide bonds. The van der Waals surface area contributed by atoms with E-state index in [0.717, 1.165) is 42.5 Å². The first-order valence-corrected chi connectivity index (χ1v) is 14.6. The molecule has 2 heterocycles. The standard InChI is InChI=1S/C35H29ClN4O3/c1-23-31(34(41)40(29-9-5-6-10-29)35(42)32(23)20-37)19-26-21-39(28-7-3-2-4-8-28)38-33(26)25-13-17-30(18-14-25)43-22-24-11-15-27(36)16-12-24/h2-4,7-8,11-19,21,29H,5-6,9-10,22H2,1H3/b31-19+. The summed E-state index contributed by atoms with van der Waals surface area (Å²) in [6.45, 7) is 2.07. The van der Waals surface area contributed by atoms with Gasteiger partial charge < -0.3 is 4.74 Å². The number of amides is 2. The fraction of sp³-hybridized carbons (Fsp3) is 0.200. The predicted octanol–water partition coefficient (Wildman–Crippen LogP) is 7.31. The lowest BCUT2D eigenvalue weighted by atomic mass is 9.92. The van der Waals surface area contributed by atoms with Gasteiger partial charge in [0.25, 0.3) is 11.8 Å². The van der Waals surface area contributed by atoms with Gasteiger partial charge in [-0.15, -0.1) is 0 Å². The van der Waals surface area contributed by atoms with Gasteiger partial charge in [0.2, 0.25) is 0 Å². The molecule has 8 heteroatoms. The Kier molecular flexibility index (Phi) is 7.95. The Labute approximate surface area is 255 Å². The lowest BCUT2D eigenvalue weighted by molar-refractivity contribution is -0.143. The molecule has 214 valence electrons.